The lowest BCUT2D eigenvalue weighted by Gasteiger charge is -2.01. The summed E-state index contributed by atoms with van der Waals surface area (Å²) in [6.07, 6.45) is 5.02. The Morgan fingerprint density at radius 1 is 1.43 bits per heavy atom. The van der Waals surface area contributed by atoms with Gasteiger partial charge in [0.2, 0.25) is 0 Å². The van der Waals surface area contributed by atoms with Gasteiger partial charge in [-0.05, 0) is 32.9 Å². The van der Waals surface area contributed by atoms with Crippen LogP contribution in [0.4, 0.5) is 0 Å². The predicted octanol–water partition coefficient (Wildman–Crippen LogP) is 1.37. The first-order valence-electron chi connectivity index (χ1n) is 4.99. The first kappa shape index (κ1) is 13.7. The van der Waals surface area contributed by atoms with Crippen molar-refractivity contribution < 1.29 is 8.42 Å². The highest BCUT2D eigenvalue weighted by molar-refractivity contribution is 7.90. The highest BCUT2D eigenvalue weighted by atomic mass is 32.2. The van der Waals surface area contributed by atoms with Crippen molar-refractivity contribution in [3.05, 3.63) is 11.6 Å². The van der Waals surface area contributed by atoms with E-state index in [1.165, 1.54) is 6.26 Å². The van der Waals surface area contributed by atoms with Crippen LogP contribution >= 0.6 is 0 Å². The Labute approximate surface area is 87.5 Å². The predicted molar refractivity (Wildman–Crippen MR) is 61.2 cm³/mol. The van der Waals surface area contributed by atoms with Gasteiger partial charge in [-0.25, -0.2) is 8.42 Å². The molecule has 1 N–H and O–H groups in total. The molecule has 0 aliphatic heterocycles. The lowest BCUT2D eigenvalue weighted by atomic mass is 10.2. The van der Waals surface area contributed by atoms with E-state index in [-0.39, 0.29) is 5.75 Å². The molecule has 84 valence electrons. The van der Waals surface area contributed by atoms with Crippen molar-refractivity contribution >= 4 is 9.84 Å². The Hall–Kier alpha value is -0.350. The second kappa shape index (κ2) is 7.01. The minimum absolute atomic E-state index is 0.260. The number of hydrogen-bond acceptors (Lipinski definition) is 3. The van der Waals surface area contributed by atoms with Crippen LogP contribution < -0.4 is 5.32 Å². The number of hydrogen-bond donors (Lipinski definition) is 1. The first-order chi connectivity index (χ1) is 6.45. The fraction of sp³-hybridized carbons (Fsp3) is 0.800. The van der Waals surface area contributed by atoms with E-state index in [0.29, 0.717) is 6.42 Å². The topological polar surface area (TPSA) is 46.2 Å². The van der Waals surface area contributed by atoms with Crippen LogP contribution in [0.25, 0.3) is 0 Å². The summed E-state index contributed by atoms with van der Waals surface area (Å²) < 4.78 is 21.7. The molecule has 0 radical (unpaired) electrons. The normalized spacial score (nSPS) is 13.2. The molecule has 0 unspecified atom stereocenters. The molecule has 0 aliphatic rings. The molecule has 0 saturated carbocycles. The van der Waals surface area contributed by atoms with E-state index in [1.54, 1.807) is 0 Å². The molecule has 3 nitrogen and oxygen atoms in total. The van der Waals surface area contributed by atoms with Crippen molar-refractivity contribution in [3.8, 4) is 0 Å². The SMILES string of the molecule is CCNCCC=C(C)CCS(C)(=O)=O. The smallest absolute Gasteiger partial charge is 0.147 e. The molecule has 0 aliphatic carbocycles. The molecule has 0 amide bonds. The summed E-state index contributed by atoms with van der Waals surface area (Å²) in [6.45, 7) is 6.00. The molecule has 0 atom stereocenters. The summed E-state index contributed by atoms with van der Waals surface area (Å²) in [6, 6.07) is 0. The molecule has 0 aromatic carbocycles. The third-order valence-corrected chi connectivity index (χ3v) is 2.88. The fourth-order valence-corrected chi connectivity index (χ4v) is 1.74. The van der Waals surface area contributed by atoms with Gasteiger partial charge in [-0.3, -0.25) is 0 Å². The Bertz CT molecular complexity index is 268. The van der Waals surface area contributed by atoms with Gasteiger partial charge in [0.05, 0.1) is 5.75 Å². The minimum Gasteiger partial charge on any atom is -0.317 e. The van der Waals surface area contributed by atoms with Gasteiger partial charge in [0, 0.05) is 6.26 Å². The van der Waals surface area contributed by atoms with E-state index in [2.05, 4.69) is 18.3 Å². The van der Waals surface area contributed by atoms with Crippen LogP contribution in [0, 0.1) is 0 Å². The second-order valence-corrected chi connectivity index (χ2v) is 5.83. The van der Waals surface area contributed by atoms with Gasteiger partial charge in [-0.1, -0.05) is 18.6 Å². The lowest BCUT2D eigenvalue weighted by molar-refractivity contribution is 0.601. The number of sulfone groups is 1. The summed E-state index contributed by atoms with van der Waals surface area (Å²) in [5.74, 6) is 0.260. The zero-order valence-electron chi connectivity index (χ0n) is 9.34. The largest absolute Gasteiger partial charge is 0.317 e. The fourth-order valence-electron chi connectivity index (χ4n) is 1.05. The number of allylic oxidation sites excluding steroid dienone is 1. The third-order valence-electron chi connectivity index (χ3n) is 1.93. The summed E-state index contributed by atoms with van der Waals surface area (Å²) in [5.41, 5.74) is 1.16. The molecule has 14 heavy (non-hydrogen) atoms. The lowest BCUT2D eigenvalue weighted by Crippen LogP contribution is -2.13. The summed E-state index contributed by atoms with van der Waals surface area (Å²) in [4.78, 5) is 0. The minimum atomic E-state index is -2.81. The maximum atomic E-state index is 10.9. The van der Waals surface area contributed by atoms with Crippen molar-refractivity contribution in [3.63, 3.8) is 0 Å². The average molecular weight is 219 g/mol. The summed E-state index contributed by atoms with van der Waals surface area (Å²) >= 11 is 0. The molecule has 0 fully saturated rings. The number of rotatable bonds is 7. The van der Waals surface area contributed by atoms with Gasteiger partial charge in [0.25, 0.3) is 0 Å². The van der Waals surface area contributed by atoms with Gasteiger partial charge in [0.1, 0.15) is 9.84 Å². The molecule has 0 bridgehead atoms. The quantitative estimate of drug-likeness (QED) is 0.519. The Balaban J connectivity index is 3.68. The van der Waals surface area contributed by atoms with Gasteiger partial charge in [-0.2, -0.15) is 0 Å². The van der Waals surface area contributed by atoms with E-state index in [9.17, 15) is 8.42 Å². The van der Waals surface area contributed by atoms with Crippen molar-refractivity contribution in [2.75, 3.05) is 25.1 Å². The zero-order chi connectivity index (χ0) is 11.0. The maximum Gasteiger partial charge on any atom is 0.147 e. The molecule has 0 aromatic heterocycles. The highest BCUT2D eigenvalue weighted by Gasteiger charge is 2.01. The van der Waals surface area contributed by atoms with Crippen LogP contribution in [0.3, 0.4) is 0 Å². The van der Waals surface area contributed by atoms with Crippen LogP contribution in [0.15, 0.2) is 11.6 Å². The second-order valence-electron chi connectivity index (χ2n) is 3.57. The Morgan fingerprint density at radius 2 is 2.07 bits per heavy atom. The molecule has 0 spiro atoms. The number of nitrogens with one attached hydrogen (secondary N) is 1. The van der Waals surface area contributed by atoms with Crippen LogP contribution in [0.2, 0.25) is 0 Å². The van der Waals surface area contributed by atoms with Crippen LogP contribution in [-0.2, 0) is 9.84 Å². The average Bonchev–Trinajstić information content (AvgIpc) is 2.08. The van der Waals surface area contributed by atoms with Gasteiger partial charge >= 0.3 is 0 Å². The molecule has 0 heterocycles. The van der Waals surface area contributed by atoms with E-state index >= 15 is 0 Å². The summed E-state index contributed by atoms with van der Waals surface area (Å²) in [7, 11) is -2.81. The molecule has 0 rings (SSSR count). The standard InChI is InChI=1S/C10H21NO2S/c1-4-11-8-5-6-10(2)7-9-14(3,12)13/h6,11H,4-5,7-9H2,1-3H3. The zero-order valence-corrected chi connectivity index (χ0v) is 10.2. The maximum absolute atomic E-state index is 10.9. The van der Waals surface area contributed by atoms with E-state index < -0.39 is 9.84 Å². The van der Waals surface area contributed by atoms with Gasteiger partial charge < -0.3 is 5.32 Å². The van der Waals surface area contributed by atoms with E-state index in [4.69, 9.17) is 0 Å². The van der Waals surface area contributed by atoms with Crippen LogP contribution in [-0.4, -0.2) is 33.5 Å². The van der Waals surface area contributed by atoms with Crippen molar-refractivity contribution in [1.82, 2.24) is 5.32 Å². The monoisotopic (exact) mass is 219 g/mol. The Morgan fingerprint density at radius 3 is 2.57 bits per heavy atom. The van der Waals surface area contributed by atoms with Crippen molar-refractivity contribution in [2.24, 2.45) is 0 Å². The molecule has 4 heteroatoms. The molecule has 0 aromatic rings. The third kappa shape index (κ3) is 9.74. The van der Waals surface area contributed by atoms with E-state index in [0.717, 1.165) is 25.1 Å². The van der Waals surface area contributed by atoms with Gasteiger partial charge in [-0.15, -0.1) is 0 Å². The van der Waals surface area contributed by atoms with Crippen molar-refractivity contribution in [1.29, 1.82) is 0 Å². The molecular weight excluding hydrogens is 198 g/mol. The van der Waals surface area contributed by atoms with Crippen LogP contribution in [0.1, 0.15) is 26.7 Å². The Kier molecular flexibility index (Phi) is 6.83. The summed E-state index contributed by atoms with van der Waals surface area (Å²) in [5, 5.41) is 3.21. The molecule has 0 saturated heterocycles. The van der Waals surface area contributed by atoms with Crippen LogP contribution in [0.5, 0.6) is 0 Å². The first-order valence-corrected chi connectivity index (χ1v) is 7.06. The van der Waals surface area contributed by atoms with Crippen molar-refractivity contribution in [2.45, 2.75) is 26.7 Å². The van der Waals surface area contributed by atoms with E-state index in [1.807, 2.05) is 6.92 Å². The van der Waals surface area contributed by atoms with Gasteiger partial charge in [0.15, 0.2) is 0 Å². The molecular formula is C10H21NO2S. The highest BCUT2D eigenvalue weighted by Crippen LogP contribution is 2.03.